The molecule has 4 aromatic rings. The first-order chi connectivity index (χ1) is 16.8. The van der Waals surface area contributed by atoms with E-state index >= 15 is 0 Å². The summed E-state index contributed by atoms with van der Waals surface area (Å²) in [5.41, 5.74) is 2.56. The maximum absolute atomic E-state index is 11.4. The molecule has 0 spiro atoms. The zero-order chi connectivity index (χ0) is 24.7. The van der Waals surface area contributed by atoms with Crippen molar-refractivity contribution in [3.8, 4) is 5.69 Å². The lowest BCUT2D eigenvalue weighted by Crippen LogP contribution is -2.20. The van der Waals surface area contributed by atoms with E-state index in [1.807, 2.05) is 41.0 Å². The number of benzene rings is 3. The number of anilines is 1. The van der Waals surface area contributed by atoms with Gasteiger partial charge in [0.1, 0.15) is 11.5 Å². The standard InChI is InChI=1S/C23H16ClN7O4/c1-14-25-26-23-28(13-15-10-18(30(32)33)12-19(11-15)31(34)35)27-22(16-6-8-17(24)9-7-16)20-4-2-3-5-21(20)29(14)23/h2-12H,13H2,1H3. The third-order valence-electron chi connectivity index (χ3n) is 5.49. The molecule has 0 atom stereocenters. The van der Waals surface area contributed by atoms with Crippen LogP contribution in [0.15, 0.2) is 71.8 Å². The average Bonchev–Trinajstić information content (AvgIpc) is 3.16. The number of halogens is 1. The van der Waals surface area contributed by atoms with Crippen LogP contribution in [0.5, 0.6) is 0 Å². The molecule has 11 nitrogen and oxygen atoms in total. The van der Waals surface area contributed by atoms with Gasteiger partial charge in [-0.2, -0.15) is 5.10 Å². The van der Waals surface area contributed by atoms with Gasteiger partial charge in [-0.05, 0) is 30.7 Å². The van der Waals surface area contributed by atoms with Gasteiger partial charge in [-0.15, -0.1) is 10.2 Å². The second kappa shape index (κ2) is 8.61. The lowest BCUT2D eigenvalue weighted by atomic mass is 10.0. The van der Waals surface area contributed by atoms with E-state index in [9.17, 15) is 20.2 Å². The van der Waals surface area contributed by atoms with E-state index in [4.69, 9.17) is 16.7 Å². The second-order valence-corrected chi connectivity index (χ2v) is 8.22. The van der Waals surface area contributed by atoms with E-state index in [1.165, 1.54) is 17.1 Å². The van der Waals surface area contributed by atoms with E-state index in [0.717, 1.165) is 22.9 Å². The fraction of sp³-hybridized carbons (Fsp3) is 0.0870. The quantitative estimate of drug-likeness (QED) is 0.290. The number of nitro groups is 2. The maximum atomic E-state index is 11.4. The van der Waals surface area contributed by atoms with Gasteiger partial charge in [0.25, 0.3) is 17.3 Å². The van der Waals surface area contributed by atoms with Crippen molar-refractivity contribution in [3.05, 3.63) is 114 Å². The molecule has 1 aliphatic rings. The molecule has 35 heavy (non-hydrogen) atoms. The smallest absolute Gasteiger partial charge is 0.263 e. The number of aryl methyl sites for hydroxylation is 1. The number of para-hydroxylation sites is 1. The fourth-order valence-electron chi connectivity index (χ4n) is 3.95. The van der Waals surface area contributed by atoms with Crippen molar-refractivity contribution < 1.29 is 9.85 Å². The Morgan fingerprint density at radius 3 is 2.23 bits per heavy atom. The number of aromatic nitrogens is 3. The minimum Gasteiger partial charge on any atom is -0.263 e. The molecule has 12 heteroatoms. The van der Waals surface area contributed by atoms with Gasteiger partial charge < -0.3 is 0 Å². The molecule has 0 aliphatic carbocycles. The number of rotatable bonds is 5. The molecule has 174 valence electrons. The molecule has 0 bridgehead atoms. The zero-order valence-electron chi connectivity index (χ0n) is 18.2. The molecule has 2 heterocycles. The van der Waals surface area contributed by atoms with Crippen LogP contribution in [0.1, 0.15) is 22.5 Å². The number of nitrogens with zero attached hydrogens (tertiary/aromatic N) is 7. The Hall–Kier alpha value is -4.64. The van der Waals surface area contributed by atoms with Crippen molar-refractivity contribution in [3.63, 3.8) is 0 Å². The molecule has 1 aliphatic heterocycles. The molecule has 1 aromatic heterocycles. The first-order valence-corrected chi connectivity index (χ1v) is 10.8. The van der Waals surface area contributed by atoms with E-state index in [-0.39, 0.29) is 17.9 Å². The van der Waals surface area contributed by atoms with Crippen molar-refractivity contribution in [2.75, 3.05) is 5.01 Å². The third-order valence-corrected chi connectivity index (χ3v) is 5.75. The highest BCUT2D eigenvalue weighted by molar-refractivity contribution is 6.30. The van der Waals surface area contributed by atoms with Gasteiger partial charge in [-0.3, -0.25) is 24.8 Å². The largest absolute Gasteiger partial charge is 0.276 e. The Morgan fingerprint density at radius 1 is 0.914 bits per heavy atom. The molecule has 0 N–H and O–H groups in total. The molecule has 3 aromatic carbocycles. The highest BCUT2D eigenvalue weighted by Crippen LogP contribution is 2.32. The molecular weight excluding hydrogens is 474 g/mol. The van der Waals surface area contributed by atoms with Crippen molar-refractivity contribution in [1.82, 2.24) is 14.8 Å². The number of hydrogen-bond donors (Lipinski definition) is 0. The normalized spacial score (nSPS) is 12.4. The monoisotopic (exact) mass is 489 g/mol. The number of nitro benzene ring substituents is 2. The highest BCUT2D eigenvalue weighted by Gasteiger charge is 2.27. The number of non-ortho nitro benzene ring substituents is 2. The van der Waals surface area contributed by atoms with Crippen LogP contribution in [-0.4, -0.2) is 30.3 Å². The summed E-state index contributed by atoms with van der Waals surface area (Å²) in [5, 5.41) is 38.3. The molecule has 0 amide bonds. The van der Waals surface area contributed by atoms with Crippen LogP contribution in [0.25, 0.3) is 5.69 Å². The molecule has 5 rings (SSSR count). The minimum atomic E-state index is -0.663. The highest BCUT2D eigenvalue weighted by atomic mass is 35.5. The Kier molecular flexibility index (Phi) is 5.46. The van der Waals surface area contributed by atoms with Crippen LogP contribution in [-0.2, 0) is 6.54 Å². The van der Waals surface area contributed by atoms with Crippen LogP contribution in [0.2, 0.25) is 5.02 Å². The summed E-state index contributed by atoms with van der Waals surface area (Å²) >= 11 is 6.09. The summed E-state index contributed by atoms with van der Waals surface area (Å²) in [4.78, 5) is 21.5. The maximum Gasteiger partial charge on any atom is 0.276 e. The fourth-order valence-corrected chi connectivity index (χ4v) is 4.07. The van der Waals surface area contributed by atoms with Crippen molar-refractivity contribution in [1.29, 1.82) is 0 Å². The number of fused-ring (bicyclic) bond motifs is 3. The van der Waals surface area contributed by atoms with E-state index in [2.05, 4.69) is 10.2 Å². The second-order valence-electron chi connectivity index (χ2n) is 7.78. The van der Waals surface area contributed by atoms with Crippen molar-refractivity contribution >= 4 is 34.6 Å². The van der Waals surface area contributed by atoms with Gasteiger partial charge in [-0.1, -0.05) is 41.9 Å². The molecular formula is C23H16ClN7O4. The summed E-state index contributed by atoms with van der Waals surface area (Å²) in [5.74, 6) is 0.975. The van der Waals surface area contributed by atoms with Gasteiger partial charge in [0.2, 0.25) is 0 Å². The SMILES string of the molecule is Cc1nnc2n1-c1ccccc1C(c1ccc(Cl)cc1)=NN2Cc1cc([N+](=O)[O-])cc([N+](=O)[O-])c1. The summed E-state index contributed by atoms with van der Waals surface area (Å²) in [6.45, 7) is 1.78. The summed E-state index contributed by atoms with van der Waals surface area (Å²) < 4.78 is 1.83. The average molecular weight is 490 g/mol. The Morgan fingerprint density at radius 2 is 1.57 bits per heavy atom. The third kappa shape index (κ3) is 4.08. The Bertz CT molecular complexity index is 1480. The van der Waals surface area contributed by atoms with Crippen molar-refractivity contribution in [2.45, 2.75) is 13.5 Å². The summed E-state index contributed by atoms with van der Waals surface area (Å²) in [7, 11) is 0. The van der Waals surface area contributed by atoms with Crippen LogP contribution < -0.4 is 5.01 Å². The van der Waals surface area contributed by atoms with Crippen LogP contribution in [0.4, 0.5) is 17.3 Å². The molecule has 0 saturated heterocycles. The molecule has 0 fully saturated rings. The van der Waals surface area contributed by atoms with Gasteiger partial charge in [0, 0.05) is 28.3 Å². The van der Waals surface area contributed by atoms with Gasteiger partial charge in [0.15, 0.2) is 0 Å². The minimum absolute atomic E-state index is 0.0221. The van der Waals surface area contributed by atoms with Crippen LogP contribution >= 0.6 is 11.6 Å². The lowest BCUT2D eigenvalue weighted by Gasteiger charge is -2.18. The van der Waals surface area contributed by atoms with Crippen LogP contribution in [0, 0.1) is 27.2 Å². The lowest BCUT2D eigenvalue weighted by molar-refractivity contribution is -0.394. The molecule has 0 unspecified atom stereocenters. The summed E-state index contributed by atoms with van der Waals surface area (Å²) in [6.07, 6.45) is 0. The Balaban J connectivity index is 1.71. The molecule has 0 saturated carbocycles. The number of hydrazone groups is 1. The van der Waals surface area contributed by atoms with Gasteiger partial charge in [-0.25, -0.2) is 5.01 Å². The van der Waals surface area contributed by atoms with E-state index in [1.54, 1.807) is 19.1 Å². The predicted molar refractivity (Wildman–Crippen MR) is 129 cm³/mol. The van der Waals surface area contributed by atoms with E-state index in [0.29, 0.717) is 28.1 Å². The first kappa shape index (κ1) is 22.2. The number of hydrogen-bond acceptors (Lipinski definition) is 8. The van der Waals surface area contributed by atoms with E-state index < -0.39 is 9.85 Å². The Labute approximate surface area is 203 Å². The topological polar surface area (TPSA) is 133 Å². The van der Waals surface area contributed by atoms with Gasteiger partial charge >= 0.3 is 0 Å². The molecule has 0 radical (unpaired) electrons. The zero-order valence-corrected chi connectivity index (χ0v) is 19.0. The first-order valence-electron chi connectivity index (χ1n) is 10.4. The van der Waals surface area contributed by atoms with Crippen molar-refractivity contribution in [2.24, 2.45) is 5.10 Å². The van der Waals surface area contributed by atoms with Gasteiger partial charge in [0.05, 0.1) is 28.1 Å². The van der Waals surface area contributed by atoms with Crippen LogP contribution in [0.3, 0.4) is 0 Å². The summed E-state index contributed by atoms with van der Waals surface area (Å²) in [6, 6.07) is 18.3. The predicted octanol–water partition coefficient (Wildman–Crippen LogP) is 4.82.